The maximum atomic E-state index is 10.9. The van der Waals surface area contributed by atoms with Crippen molar-refractivity contribution in [1.82, 2.24) is 9.55 Å². The number of rotatable bonds is 5. The number of hydrogen-bond donors (Lipinski definition) is 1. The van der Waals surface area contributed by atoms with Crippen LogP contribution in [0.1, 0.15) is 11.4 Å². The average molecular weight is 290 g/mol. The summed E-state index contributed by atoms with van der Waals surface area (Å²) in [5, 5.41) is 8.94. The van der Waals surface area contributed by atoms with Gasteiger partial charge in [-0.2, -0.15) is 0 Å². The molecule has 0 amide bonds. The molecule has 0 unspecified atom stereocenters. The lowest BCUT2D eigenvalue weighted by molar-refractivity contribution is -0.136. The second-order valence-corrected chi connectivity index (χ2v) is 4.70. The van der Waals surface area contributed by atoms with Gasteiger partial charge in [-0.3, -0.25) is 4.79 Å². The summed E-state index contributed by atoms with van der Waals surface area (Å²) in [5.41, 5.74) is 2.20. The number of carboxylic acid groups (broad SMARTS) is 1. The van der Waals surface area contributed by atoms with Gasteiger partial charge >= 0.3 is 5.97 Å². The van der Waals surface area contributed by atoms with Crippen LogP contribution in [-0.2, 0) is 18.3 Å². The topological polar surface area (TPSA) is 73.6 Å². The van der Waals surface area contributed by atoms with Gasteiger partial charge in [-0.15, -0.1) is 0 Å². The van der Waals surface area contributed by atoms with Gasteiger partial charge in [0.2, 0.25) is 0 Å². The van der Waals surface area contributed by atoms with Crippen LogP contribution in [0.2, 0.25) is 0 Å². The Morgan fingerprint density at radius 2 is 1.81 bits per heavy atom. The molecule has 2 rings (SSSR count). The molecule has 1 N–H and O–H groups in total. The molecule has 0 aliphatic rings. The van der Waals surface area contributed by atoms with Crippen LogP contribution in [0.25, 0.3) is 11.4 Å². The number of ether oxygens (including phenoxy) is 2. The summed E-state index contributed by atoms with van der Waals surface area (Å²) in [5.74, 6) is 1.10. The molecule has 2 aromatic rings. The normalized spacial score (nSPS) is 10.5. The Bertz CT molecular complexity index is 654. The molecule has 0 atom stereocenters. The van der Waals surface area contributed by atoms with Crippen molar-refractivity contribution in [1.29, 1.82) is 0 Å². The van der Waals surface area contributed by atoms with Crippen molar-refractivity contribution in [2.45, 2.75) is 13.3 Å². The SMILES string of the molecule is COc1cc(OC)cc(-c2nc(CC(=O)O)c(C)n2C)c1. The summed E-state index contributed by atoms with van der Waals surface area (Å²) >= 11 is 0. The smallest absolute Gasteiger partial charge is 0.309 e. The molecular formula is C15H18N2O4. The van der Waals surface area contributed by atoms with E-state index in [1.165, 1.54) is 0 Å². The van der Waals surface area contributed by atoms with E-state index in [1.54, 1.807) is 20.3 Å². The van der Waals surface area contributed by atoms with Crippen molar-refractivity contribution in [3.05, 3.63) is 29.6 Å². The first-order chi connectivity index (χ1) is 9.96. The van der Waals surface area contributed by atoms with E-state index in [4.69, 9.17) is 14.6 Å². The van der Waals surface area contributed by atoms with Crippen molar-refractivity contribution >= 4 is 5.97 Å². The van der Waals surface area contributed by atoms with Crippen LogP contribution in [-0.4, -0.2) is 34.8 Å². The van der Waals surface area contributed by atoms with Crippen LogP contribution in [0.5, 0.6) is 11.5 Å². The molecule has 0 saturated heterocycles. The Morgan fingerprint density at radius 1 is 1.24 bits per heavy atom. The Morgan fingerprint density at radius 3 is 2.29 bits per heavy atom. The van der Waals surface area contributed by atoms with Gasteiger partial charge in [-0.05, 0) is 19.1 Å². The predicted molar refractivity (Wildman–Crippen MR) is 77.8 cm³/mol. The van der Waals surface area contributed by atoms with Gasteiger partial charge in [-0.1, -0.05) is 0 Å². The Hall–Kier alpha value is -2.50. The predicted octanol–water partition coefficient (Wildman–Crippen LogP) is 2.04. The molecule has 1 aromatic carbocycles. The number of benzene rings is 1. The number of nitrogens with zero attached hydrogens (tertiary/aromatic N) is 2. The van der Waals surface area contributed by atoms with Crippen molar-refractivity contribution in [2.75, 3.05) is 14.2 Å². The van der Waals surface area contributed by atoms with E-state index in [1.807, 2.05) is 30.7 Å². The second kappa shape index (κ2) is 5.87. The van der Waals surface area contributed by atoms with Gasteiger partial charge in [-0.25, -0.2) is 4.98 Å². The van der Waals surface area contributed by atoms with Gasteiger partial charge < -0.3 is 19.1 Å². The highest BCUT2D eigenvalue weighted by Gasteiger charge is 2.16. The number of carboxylic acids is 1. The van der Waals surface area contributed by atoms with Crippen LogP contribution in [0.15, 0.2) is 18.2 Å². The maximum absolute atomic E-state index is 10.9. The lowest BCUT2D eigenvalue weighted by Crippen LogP contribution is -2.02. The molecule has 0 aliphatic carbocycles. The first kappa shape index (κ1) is 14.9. The zero-order valence-electron chi connectivity index (χ0n) is 12.5. The van der Waals surface area contributed by atoms with Gasteiger partial charge in [0.1, 0.15) is 17.3 Å². The van der Waals surface area contributed by atoms with Crippen molar-refractivity contribution in [2.24, 2.45) is 7.05 Å². The molecule has 0 radical (unpaired) electrons. The minimum Gasteiger partial charge on any atom is -0.497 e. The third kappa shape index (κ3) is 2.99. The van der Waals surface area contributed by atoms with E-state index in [9.17, 15) is 4.79 Å². The zero-order chi connectivity index (χ0) is 15.6. The number of aliphatic carboxylic acids is 1. The van der Waals surface area contributed by atoms with Gasteiger partial charge in [0, 0.05) is 24.4 Å². The largest absolute Gasteiger partial charge is 0.497 e. The molecule has 1 aromatic heterocycles. The molecule has 1 heterocycles. The number of aromatic nitrogens is 2. The molecular weight excluding hydrogens is 272 g/mol. The molecule has 0 bridgehead atoms. The van der Waals surface area contributed by atoms with Gasteiger partial charge in [0.25, 0.3) is 0 Å². The summed E-state index contributed by atoms with van der Waals surface area (Å²) in [7, 11) is 5.02. The monoisotopic (exact) mass is 290 g/mol. The fourth-order valence-electron chi connectivity index (χ4n) is 2.14. The molecule has 6 nitrogen and oxygen atoms in total. The van der Waals surface area contributed by atoms with E-state index in [-0.39, 0.29) is 6.42 Å². The zero-order valence-corrected chi connectivity index (χ0v) is 12.5. The first-order valence-electron chi connectivity index (χ1n) is 6.43. The van der Waals surface area contributed by atoms with Crippen LogP contribution >= 0.6 is 0 Å². The Balaban J connectivity index is 2.53. The van der Waals surface area contributed by atoms with E-state index >= 15 is 0 Å². The summed E-state index contributed by atoms with van der Waals surface area (Å²) in [4.78, 5) is 15.3. The second-order valence-electron chi connectivity index (χ2n) is 4.70. The molecule has 0 aliphatic heterocycles. The van der Waals surface area contributed by atoms with Crippen LogP contribution in [0.4, 0.5) is 0 Å². The number of carbonyl (C=O) groups is 1. The molecule has 0 fully saturated rings. The maximum Gasteiger partial charge on any atom is 0.309 e. The fourth-order valence-corrected chi connectivity index (χ4v) is 2.14. The minimum atomic E-state index is -0.897. The van der Waals surface area contributed by atoms with Gasteiger partial charge in [0.15, 0.2) is 0 Å². The summed E-state index contributed by atoms with van der Waals surface area (Å²) < 4.78 is 12.4. The molecule has 112 valence electrons. The minimum absolute atomic E-state index is 0.0965. The highest BCUT2D eigenvalue weighted by atomic mass is 16.5. The van der Waals surface area contributed by atoms with E-state index < -0.39 is 5.97 Å². The number of imidazole rings is 1. The van der Waals surface area contributed by atoms with E-state index in [0.717, 1.165) is 11.3 Å². The van der Waals surface area contributed by atoms with Crippen molar-refractivity contribution in [3.63, 3.8) is 0 Å². The van der Waals surface area contributed by atoms with Crippen LogP contribution in [0.3, 0.4) is 0 Å². The molecule has 6 heteroatoms. The molecule has 0 spiro atoms. The number of hydrogen-bond acceptors (Lipinski definition) is 4. The summed E-state index contributed by atoms with van der Waals surface area (Å²) in [6.07, 6.45) is -0.0965. The Labute approximate surface area is 122 Å². The molecule has 21 heavy (non-hydrogen) atoms. The lowest BCUT2D eigenvalue weighted by atomic mass is 10.2. The number of methoxy groups -OCH3 is 2. The summed E-state index contributed by atoms with van der Waals surface area (Å²) in [6.45, 7) is 1.85. The van der Waals surface area contributed by atoms with Gasteiger partial charge in [0.05, 0.1) is 26.3 Å². The third-order valence-electron chi connectivity index (χ3n) is 3.41. The van der Waals surface area contributed by atoms with E-state index in [0.29, 0.717) is 23.0 Å². The average Bonchev–Trinajstić information content (AvgIpc) is 2.74. The van der Waals surface area contributed by atoms with Crippen molar-refractivity contribution in [3.8, 4) is 22.9 Å². The standard InChI is InChI=1S/C15H18N2O4/c1-9-13(8-14(18)19)16-15(17(9)2)10-5-11(20-3)7-12(6-10)21-4/h5-7H,8H2,1-4H3,(H,18,19). The highest BCUT2D eigenvalue weighted by Crippen LogP contribution is 2.30. The van der Waals surface area contributed by atoms with Crippen molar-refractivity contribution < 1.29 is 19.4 Å². The third-order valence-corrected chi connectivity index (χ3v) is 3.41. The highest BCUT2D eigenvalue weighted by molar-refractivity contribution is 5.71. The lowest BCUT2D eigenvalue weighted by Gasteiger charge is -2.08. The quantitative estimate of drug-likeness (QED) is 0.912. The fraction of sp³-hybridized carbons (Fsp3) is 0.333. The molecule has 0 saturated carbocycles. The van der Waals surface area contributed by atoms with Crippen LogP contribution in [0, 0.1) is 6.92 Å². The van der Waals surface area contributed by atoms with E-state index in [2.05, 4.69) is 4.98 Å². The van der Waals surface area contributed by atoms with Crippen LogP contribution < -0.4 is 9.47 Å². The summed E-state index contributed by atoms with van der Waals surface area (Å²) in [6, 6.07) is 5.46. The Kier molecular flexibility index (Phi) is 4.16. The first-order valence-corrected chi connectivity index (χ1v) is 6.43.